The summed E-state index contributed by atoms with van der Waals surface area (Å²) in [5.41, 5.74) is 8.27. The summed E-state index contributed by atoms with van der Waals surface area (Å²) in [5.74, 6) is 1.10. The van der Waals surface area contributed by atoms with Crippen molar-refractivity contribution in [2.24, 2.45) is 5.73 Å². The van der Waals surface area contributed by atoms with Crippen LogP contribution in [0, 0.1) is 0 Å². The Balaban J connectivity index is 3.03. The molecule has 0 fully saturated rings. The lowest BCUT2D eigenvalue weighted by Gasteiger charge is -2.29. The smallest absolute Gasteiger partial charge is 0.0459 e. The van der Waals surface area contributed by atoms with Gasteiger partial charge in [0, 0.05) is 35.6 Å². The summed E-state index contributed by atoms with van der Waals surface area (Å²) in [7, 11) is 2.12. The number of halogens is 1. The highest BCUT2D eigenvalue weighted by atomic mass is 35.5. The fraction of sp³-hybridized carbons (Fsp3) is 0.571. The van der Waals surface area contributed by atoms with Crippen LogP contribution in [0.3, 0.4) is 0 Å². The van der Waals surface area contributed by atoms with E-state index in [1.165, 1.54) is 5.69 Å². The maximum Gasteiger partial charge on any atom is 0.0459 e. The maximum atomic E-state index is 6.31. The lowest BCUT2D eigenvalue weighted by atomic mass is 10.0. The molecular formula is C14H23ClN2S. The second-order valence-electron chi connectivity index (χ2n) is 4.83. The summed E-state index contributed by atoms with van der Waals surface area (Å²) in [6.07, 6.45) is 2.94. The second kappa shape index (κ2) is 7.27. The fourth-order valence-electron chi connectivity index (χ4n) is 1.99. The first-order chi connectivity index (χ1) is 8.47. The molecule has 0 saturated carbocycles. The largest absolute Gasteiger partial charge is 0.371 e. The van der Waals surface area contributed by atoms with Crippen LogP contribution in [0.2, 0.25) is 5.02 Å². The average Bonchev–Trinajstić information content (AvgIpc) is 2.30. The molecule has 4 heteroatoms. The Morgan fingerprint density at radius 2 is 2.06 bits per heavy atom. The average molecular weight is 287 g/mol. The standard InChI is InChI=1S/C14H23ClN2S/c1-10(16)8-12-13(15)6-5-7-14(12)17(3)11(2)9-18-4/h5-7,10-11H,8-9,16H2,1-4H3. The van der Waals surface area contributed by atoms with Gasteiger partial charge >= 0.3 is 0 Å². The molecule has 0 aliphatic heterocycles. The van der Waals surface area contributed by atoms with Crippen LogP contribution in [0.1, 0.15) is 19.4 Å². The molecule has 0 aliphatic carbocycles. The van der Waals surface area contributed by atoms with Gasteiger partial charge in [-0.3, -0.25) is 0 Å². The first-order valence-electron chi connectivity index (χ1n) is 6.22. The molecule has 0 heterocycles. The van der Waals surface area contributed by atoms with Crippen molar-refractivity contribution in [3.05, 3.63) is 28.8 Å². The monoisotopic (exact) mass is 286 g/mol. The van der Waals surface area contributed by atoms with Crippen LogP contribution < -0.4 is 10.6 Å². The molecule has 0 radical (unpaired) electrons. The zero-order chi connectivity index (χ0) is 13.7. The van der Waals surface area contributed by atoms with Crippen molar-refractivity contribution in [3.8, 4) is 0 Å². The third-order valence-electron chi connectivity index (χ3n) is 3.07. The summed E-state index contributed by atoms with van der Waals surface area (Å²) >= 11 is 8.17. The number of benzene rings is 1. The number of hydrogen-bond donors (Lipinski definition) is 1. The highest BCUT2D eigenvalue weighted by Gasteiger charge is 2.16. The number of nitrogens with zero attached hydrogens (tertiary/aromatic N) is 1. The SMILES string of the molecule is CSCC(C)N(C)c1cccc(Cl)c1CC(C)N. The van der Waals surface area contributed by atoms with Gasteiger partial charge in [-0.15, -0.1) is 0 Å². The molecule has 2 atom stereocenters. The Morgan fingerprint density at radius 1 is 1.39 bits per heavy atom. The van der Waals surface area contributed by atoms with Gasteiger partial charge in [-0.25, -0.2) is 0 Å². The van der Waals surface area contributed by atoms with Crippen LogP contribution in [0.5, 0.6) is 0 Å². The van der Waals surface area contributed by atoms with Crippen molar-refractivity contribution < 1.29 is 0 Å². The van der Waals surface area contributed by atoms with Gasteiger partial charge in [0.15, 0.2) is 0 Å². The highest BCUT2D eigenvalue weighted by Crippen LogP contribution is 2.29. The van der Waals surface area contributed by atoms with Crippen molar-refractivity contribution in [3.63, 3.8) is 0 Å². The predicted octanol–water partition coefficient (Wildman–Crippen LogP) is 3.42. The van der Waals surface area contributed by atoms with Gasteiger partial charge in [0.2, 0.25) is 0 Å². The molecular weight excluding hydrogens is 264 g/mol. The molecule has 0 saturated heterocycles. The van der Waals surface area contributed by atoms with E-state index in [-0.39, 0.29) is 6.04 Å². The first kappa shape index (κ1) is 15.7. The minimum atomic E-state index is 0.118. The summed E-state index contributed by atoms with van der Waals surface area (Å²) < 4.78 is 0. The van der Waals surface area contributed by atoms with E-state index in [4.69, 9.17) is 17.3 Å². The quantitative estimate of drug-likeness (QED) is 0.869. The van der Waals surface area contributed by atoms with E-state index in [2.05, 4.69) is 31.2 Å². The summed E-state index contributed by atoms with van der Waals surface area (Å²) in [4.78, 5) is 2.29. The fourth-order valence-corrected chi connectivity index (χ4v) is 2.94. The maximum absolute atomic E-state index is 6.31. The molecule has 2 nitrogen and oxygen atoms in total. The molecule has 0 spiro atoms. The predicted molar refractivity (Wildman–Crippen MR) is 85.1 cm³/mol. The molecule has 2 unspecified atom stereocenters. The molecule has 18 heavy (non-hydrogen) atoms. The molecule has 2 N–H and O–H groups in total. The Bertz CT molecular complexity index is 382. The van der Waals surface area contributed by atoms with E-state index in [0.29, 0.717) is 6.04 Å². The molecule has 0 aromatic heterocycles. The molecule has 0 bridgehead atoms. The summed E-state index contributed by atoms with van der Waals surface area (Å²) in [5, 5.41) is 0.813. The Labute approximate surface area is 120 Å². The van der Waals surface area contributed by atoms with Crippen molar-refractivity contribution in [2.75, 3.05) is 24.0 Å². The Morgan fingerprint density at radius 3 is 2.61 bits per heavy atom. The Kier molecular flexibility index (Phi) is 6.33. The molecule has 0 amide bonds. The summed E-state index contributed by atoms with van der Waals surface area (Å²) in [6.45, 7) is 4.24. The number of thioether (sulfide) groups is 1. The molecule has 1 rings (SSSR count). The first-order valence-corrected chi connectivity index (χ1v) is 7.99. The van der Waals surface area contributed by atoms with Gasteiger partial charge in [0.1, 0.15) is 0 Å². The van der Waals surface area contributed by atoms with Crippen molar-refractivity contribution in [1.82, 2.24) is 0 Å². The van der Waals surface area contributed by atoms with E-state index in [1.807, 2.05) is 30.8 Å². The minimum absolute atomic E-state index is 0.118. The van der Waals surface area contributed by atoms with Crippen LogP contribution in [0.15, 0.2) is 18.2 Å². The van der Waals surface area contributed by atoms with Crippen LogP contribution in [-0.4, -0.2) is 31.1 Å². The van der Waals surface area contributed by atoms with Gasteiger partial charge in [-0.2, -0.15) is 11.8 Å². The van der Waals surface area contributed by atoms with E-state index >= 15 is 0 Å². The van der Waals surface area contributed by atoms with Gasteiger partial charge < -0.3 is 10.6 Å². The zero-order valence-electron chi connectivity index (χ0n) is 11.6. The van der Waals surface area contributed by atoms with Crippen LogP contribution in [-0.2, 0) is 6.42 Å². The van der Waals surface area contributed by atoms with E-state index < -0.39 is 0 Å². The highest BCUT2D eigenvalue weighted by molar-refractivity contribution is 7.98. The summed E-state index contributed by atoms with van der Waals surface area (Å²) in [6, 6.07) is 6.67. The van der Waals surface area contributed by atoms with E-state index in [0.717, 1.165) is 22.8 Å². The van der Waals surface area contributed by atoms with Crippen molar-refractivity contribution in [2.45, 2.75) is 32.4 Å². The lowest BCUT2D eigenvalue weighted by molar-refractivity contribution is 0.720. The molecule has 0 aliphatic rings. The van der Waals surface area contributed by atoms with Crippen LogP contribution in [0.25, 0.3) is 0 Å². The Hall–Kier alpha value is -0.380. The number of rotatable bonds is 6. The third-order valence-corrected chi connectivity index (χ3v) is 4.24. The number of hydrogen-bond acceptors (Lipinski definition) is 3. The van der Waals surface area contributed by atoms with Gasteiger partial charge in [-0.05, 0) is 44.2 Å². The van der Waals surface area contributed by atoms with Crippen molar-refractivity contribution >= 4 is 29.1 Å². The van der Waals surface area contributed by atoms with Gasteiger partial charge in [0.05, 0.1) is 0 Å². The van der Waals surface area contributed by atoms with Crippen LogP contribution >= 0.6 is 23.4 Å². The zero-order valence-corrected chi connectivity index (χ0v) is 13.2. The van der Waals surface area contributed by atoms with Crippen molar-refractivity contribution in [1.29, 1.82) is 0 Å². The van der Waals surface area contributed by atoms with Gasteiger partial charge in [-0.1, -0.05) is 17.7 Å². The topological polar surface area (TPSA) is 29.3 Å². The lowest BCUT2D eigenvalue weighted by Crippen LogP contribution is -2.32. The van der Waals surface area contributed by atoms with Crippen LogP contribution in [0.4, 0.5) is 5.69 Å². The molecule has 102 valence electrons. The normalized spacial score (nSPS) is 14.3. The number of anilines is 1. The number of nitrogens with two attached hydrogens (primary N) is 1. The van der Waals surface area contributed by atoms with E-state index in [9.17, 15) is 0 Å². The second-order valence-corrected chi connectivity index (χ2v) is 6.15. The molecule has 1 aromatic carbocycles. The van der Waals surface area contributed by atoms with Gasteiger partial charge in [0.25, 0.3) is 0 Å². The molecule has 1 aromatic rings. The minimum Gasteiger partial charge on any atom is -0.371 e. The third kappa shape index (κ3) is 4.08. The van der Waals surface area contributed by atoms with E-state index in [1.54, 1.807) is 0 Å².